The Balaban J connectivity index is 1.91. The Kier molecular flexibility index (Phi) is 7.00. The van der Waals surface area contributed by atoms with Gasteiger partial charge in [-0.1, -0.05) is 29.8 Å². The van der Waals surface area contributed by atoms with Crippen LogP contribution in [0.5, 0.6) is 5.75 Å². The van der Waals surface area contributed by atoms with Crippen LogP contribution < -0.4 is 21.3 Å². The van der Waals surface area contributed by atoms with E-state index in [0.717, 1.165) is 15.9 Å². The zero-order valence-electron chi connectivity index (χ0n) is 20.0. The number of rotatable bonds is 6. The number of aryl methyl sites for hydroxylation is 1. The predicted molar refractivity (Wildman–Crippen MR) is 141 cm³/mol. The average molecular weight is 527 g/mol. The van der Waals surface area contributed by atoms with Gasteiger partial charge >= 0.3 is 5.69 Å². The third kappa shape index (κ3) is 4.52. The molecule has 4 aromatic rings. The van der Waals surface area contributed by atoms with E-state index in [1.165, 1.54) is 22.6 Å². The maximum absolute atomic E-state index is 13.6. The van der Waals surface area contributed by atoms with Crippen molar-refractivity contribution < 1.29 is 14.3 Å². The average Bonchev–Trinajstić information content (AvgIpc) is 3.19. The van der Waals surface area contributed by atoms with Gasteiger partial charge in [-0.3, -0.25) is 19.0 Å². The molecule has 2 aromatic carbocycles. The number of carbonyl (C=O) groups excluding carboxylic acids is 2. The van der Waals surface area contributed by atoms with E-state index in [2.05, 4.69) is 5.32 Å². The molecule has 0 radical (unpaired) electrons. The number of ether oxygens (including phenoxy) is 1. The summed E-state index contributed by atoms with van der Waals surface area (Å²) >= 11 is 7.08. The van der Waals surface area contributed by atoms with Crippen LogP contribution in [-0.4, -0.2) is 47.1 Å². The Labute approximate surface area is 215 Å². The lowest BCUT2D eigenvalue weighted by Crippen LogP contribution is -2.40. The van der Waals surface area contributed by atoms with E-state index in [0.29, 0.717) is 32.6 Å². The predicted octanol–water partition coefficient (Wildman–Crippen LogP) is 3.52. The van der Waals surface area contributed by atoms with Crippen LogP contribution in [0.15, 0.2) is 58.1 Å². The molecule has 1 N–H and O–H groups in total. The number of benzene rings is 2. The van der Waals surface area contributed by atoms with Gasteiger partial charge in [0.25, 0.3) is 11.5 Å². The minimum Gasteiger partial charge on any atom is -0.495 e. The number of hydrogen-bond acceptors (Lipinski definition) is 6. The van der Waals surface area contributed by atoms with Crippen LogP contribution in [0.3, 0.4) is 0 Å². The highest BCUT2D eigenvalue weighted by Crippen LogP contribution is 2.30. The lowest BCUT2D eigenvalue weighted by Gasteiger charge is -2.14. The van der Waals surface area contributed by atoms with Crippen molar-refractivity contribution in [2.24, 2.45) is 0 Å². The number of hydrogen-bond donors (Lipinski definition) is 1. The van der Waals surface area contributed by atoms with Crippen molar-refractivity contribution in [1.29, 1.82) is 0 Å². The fourth-order valence-electron chi connectivity index (χ4n) is 3.81. The Morgan fingerprint density at radius 2 is 1.81 bits per heavy atom. The SMILES string of the molecule is COc1ccc(Cl)cc1NC(=O)Cn1c(=O)n(-c2ccccc2)c(=O)c2c(C)c(C(=O)N(C)C)sc21. The zero-order chi connectivity index (χ0) is 26.1. The topological polar surface area (TPSA) is 103 Å². The summed E-state index contributed by atoms with van der Waals surface area (Å²) in [4.78, 5) is 55.0. The summed E-state index contributed by atoms with van der Waals surface area (Å²) in [5.41, 5.74) is -0.111. The molecule has 186 valence electrons. The number of thiophene rings is 1. The molecule has 0 aliphatic carbocycles. The van der Waals surface area contributed by atoms with Crippen LogP contribution >= 0.6 is 22.9 Å². The molecular formula is C25H23ClN4O5S. The highest BCUT2D eigenvalue weighted by molar-refractivity contribution is 7.20. The normalized spacial score (nSPS) is 10.9. The van der Waals surface area contributed by atoms with Gasteiger partial charge < -0.3 is 15.0 Å². The molecule has 0 fully saturated rings. The number of para-hydroxylation sites is 1. The van der Waals surface area contributed by atoms with Gasteiger partial charge in [0.15, 0.2) is 0 Å². The van der Waals surface area contributed by atoms with Crippen LogP contribution in [0, 0.1) is 6.92 Å². The van der Waals surface area contributed by atoms with Gasteiger partial charge in [-0.25, -0.2) is 9.36 Å². The van der Waals surface area contributed by atoms with Gasteiger partial charge in [-0.15, -0.1) is 11.3 Å². The smallest absolute Gasteiger partial charge is 0.337 e. The van der Waals surface area contributed by atoms with Crippen molar-refractivity contribution in [2.75, 3.05) is 26.5 Å². The summed E-state index contributed by atoms with van der Waals surface area (Å²) < 4.78 is 7.50. The van der Waals surface area contributed by atoms with E-state index < -0.39 is 23.7 Å². The van der Waals surface area contributed by atoms with Crippen molar-refractivity contribution >= 4 is 50.7 Å². The molecule has 2 amide bonds. The number of carbonyl (C=O) groups is 2. The zero-order valence-corrected chi connectivity index (χ0v) is 21.6. The summed E-state index contributed by atoms with van der Waals surface area (Å²) in [6.45, 7) is 1.26. The second kappa shape index (κ2) is 10.00. The van der Waals surface area contributed by atoms with Crippen LogP contribution in [0.2, 0.25) is 5.02 Å². The first kappa shape index (κ1) is 25.2. The van der Waals surface area contributed by atoms with Crippen molar-refractivity contribution in [1.82, 2.24) is 14.0 Å². The van der Waals surface area contributed by atoms with Crippen molar-refractivity contribution in [2.45, 2.75) is 13.5 Å². The Morgan fingerprint density at radius 3 is 2.44 bits per heavy atom. The molecule has 0 spiro atoms. The minimum atomic E-state index is -0.697. The molecule has 0 atom stereocenters. The molecule has 0 saturated carbocycles. The Hall–Kier alpha value is -3.89. The standard InChI is InChI=1S/C25H23ClN4O5S/c1-14-20-22(32)30(16-8-6-5-7-9-16)25(34)29(24(20)36-21(14)23(33)28(2)3)13-19(31)27-17-12-15(26)10-11-18(17)35-4/h5-12H,13H2,1-4H3,(H,27,31). The summed E-state index contributed by atoms with van der Waals surface area (Å²) in [5, 5.41) is 3.32. The molecule has 0 aliphatic rings. The maximum Gasteiger partial charge on any atom is 0.337 e. The molecule has 4 rings (SSSR count). The molecule has 0 aliphatic heterocycles. The van der Waals surface area contributed by atoms with Gasteiger partial charge in [-0.05, 0) is 42.8 Å². The number of halogens is 1. The molecular weight excluding hydrogens is 504 g/mol. The molecule has 0 bridgehead atoms. The molecule has 2 heterocycles. The van der Waals surface area contributed by atoms with Crippen LogP contribution in [0.25, 0.3) is 15.9 Å². The van der Waals surface area contributed by atoms with E-state index in [-0.39, 0.29) is 16.1 Å². The van der Waals surface area contributed by atoms with Crippen LogP contribution in [0.1, 0.15) is 15.2 Å². The number of amides is 2. The highest BCUT2D eigenvalue weighted by Gasteiger charge is 2.25. The third-order valence-electron chi connectivity index (χ3n) is 5.56. The quantitative estimate of drug-likeness (QED) is 0.414. The maximum atomic E-state index is 13.6. The summed E-state index contributed by atoms with van der Waals surface area (Å²) in [5.74, 6) is -0.444. The van der Waals surface area contributed by atoms with Gasteiger partial charge in [0, 0.05) is 19.1 Å². The van der Waals surface area contributed by atoms with Crippen molar-refractivity contribution in [3.05, 3.63) is 84.8 Å². The summed E-state index contributed by atoms with van der Waals surface area (Å²) in [7, 11) is 4.67. The number of nitrogens with zero attached hydrogens (tertiary/aromatic N) is 3. The molecule has 36 heavy (non-hydrogen) atoms. The second-order valence-electron chi connectivity index (χ2n) is 8.17. The first-order valence-corrected chi connectivity index (χ1v) is 12.0. The van der Waals surface area contributed by atoms with Gasteiger partial charge in [-0.2, -0.15) is 0 Å². The number of nitrogens with one attached hydrogen (secondary N) is 1. The van der Waals surface area contributed by atoms with Crippen molar-refractivity contribution in [3.63, 3.8) is 0 Å². The fraction of sp³-hybridized carbons (Fsp3) is 0.200. The first-order chi connectivity index (χ1) is 17.1. The number of aromatic nitrogens is 2. The fourth-order valence-corrected chi connectivity index (χ4v) is 5.29. The van der Waals surface area contributed by atoms with Gasteiger partial charge in [0.1, 0.15) is 17.1 Å². The number of fused-ring (bicyclic) bond motifs is 1. The number of methoxy groups -OCH3 is 1. The van der Waals surface area contributed by atoms with E-state index in [1.807, 2.05) is 0 Å². The number of anilines is 1. The molecule has 0 unspecified atom stereocenters. The van der Waals surface area contributed by atoms with E-state index in [9.17, 15) is 19.2 Å². The van der Waals surface area contributed by atoms with E-state index >= 15 is 0 Å². The third-order valence-corrected chi connectivity index (χ3v) is 7.10. The monoisotopic (exact) mass is 526 g/mol. The Bertz CT molecular complexity index is 1600. The second-order valence-corrected chi connectivity index (χ2v) is 9.61. The lowest BCUT2D eigenvalue weighted by atomic mass is 10.2. The summed E-state index contributed by atoms with van der Waals surface area (Å²) in [6.07, 6.45) is 0. The van der Waals surface area contributed by atoms with E-state index in [4.69, 9.17) is 16.3 Å². The van der Waals surface area contributed by atoms with Gasteiger partial charge in [0.2, 0.25) is 5.91 Å². The highest BCUT2D eigenvalue weighted by atomic mass is 35.5. The first-order valence-electron chi connectivity index (χ1n) is 10.8. The lowest BCUT2D eigenvalue weighted by molar-refractivity contribution is -0.116. The molecule has 9 nitrogen and oxygen atoms in total. The van der Waals surface area contributed by atoms with Crippen molar-refractivity contribution in [3.8, 4) is 11.4 Å². The summed E-state index contributed by atoms with van der Waals surface area (Å²) in [6, 6.07) is 13.2. The minimum absolute atomic E-state index is 0.210. The van der Waals surface area contributed by atoms with Crippen LogP contribution in [-0.2, 0) is 11.3 Å². The Morgan fingerprint density at radius 1 is 1.11 bits per heavy atom. The van der Waals surface area contributed by atoms with Gasteiger partial charge in [0.05, 0.1) is 28.7 Å². The molecule has 11 heteroatoms. The largest absolute Gasteiger partial charge is 0.495 e. The molecule has 0 saturated heterocycles. The van der Waals surface area contributed by atoms with Crippen LogP contribution in [0.4, 0.5) is 5.69 Å². The van der Waals surface area contributed by atoms with E-state index in [1.54, 1.807) is 63.5 Å². The molecule has 2 aromatic heterocycles.